The van der Waals surface area contributed by atoms with Gasteiger partial charge in [0.25, 0.3) is 0 Å². The van der Waals surface area contributed by atoms with Crippen LogP contribution in [0.4, 0.5) is 0 Å². The van der Waals surface area contributed by atoms with Gasteiger partial charge in [-0.05, 0) is 12.2 Å². The Hall–Kier alpha value is 0.295. The van der Waals surface area contributed by atoms with E-state index in [1.807, 2.05) is 0 Å². The molecule has 0 radical (unpaired) electrons. The maximum atomic E-state index is 8.09. The summed E-state index contributed by atoms with van der Waals surface area (Å²) in [6.07, 6.45) is 0.737. The van der Waals surface area contributed by atoms with Crippen molar-refractivity contribution in [2.24, 2.45) is 0 Å². The van der Waals surface area contributed by atoms with Crippen LogP contribution in [0.1, 0.15) is 6.42 Å². The standard InChI is InChI=1S/C3H9BO3S/c5-4(6)7-2-1-3-8/h5-6,8H,1-3H2. The zero-order valence-corrected chi connectivity index (χ0v) is 5.34. The molecule has 2 N–H and O–H groups in total. The van der Waals surface area contributed by atoms with Crippen LogP contribution in [0, 0.1) is 0 Å². The Morgan fingerprint density at radius 3 is 2.50 bits per heavy atom. The van der Waals surface area contributed by atoms with Crippen molar-refractivity contribution in [3.05, 3.63) is 0 Å². The highest BCUT2D eigenvalue weighted by Gasteiger charge is 2.05. The van der Waals surface area contributed by atoms with E-state index in [1.165, 1.54) is 0 Å². The number of thiol groups is 1. The first-order valence-corrected chi connectivity index (χ1v) is 2.99. The molecule has 0 aromatic rings. The number of hydrogen-bond donors (Lipinski definition) is 3. The van der Waals surface area contributed by atoms with Crippen LogP contribution in [0.25, 0.3) is 0 Å². The predicted molar refractivity (Wildman–Crippen MR) is 34.6 cm³/mol. The van der Waals surface area contributed by atoms with E-state index >= 15 is 0 Å². The van der Waals surface area contributed by atoms with Gasteiger partial charge in [-0.2, -0.15) is 12.6 Å². The Bertz CT molecular complexity index is 51.8. The molecule has 3 nitrogen and oxygen atoms in total. The summed E-state index contributed by atoms with van der Waals surface area (Å²) in [6, 6.07) is 0. The van der Waals surface area contributed by atoms with Crippen molar-refractivity contribution in [3.8, 4) is 0 Å². The second-order valence-electron chi connectivity index (χ2n) is 1.27. The van der Waals surface area contributed by atoms with Gasteiger partial charge in [-0.25, -0.2) is 0 Å². The van der Waals surface area contributed by atoms with E-state index in [4.69, 9.17) is 10.0 Å². The SMILES string of the molecule is OB(O)OCCCS. The minimum atomic E-state index is -1.63. The third-order valence-electron chi connectivity index (χ3n) is 0.569. The highest BCUT2D eigenvalue weighted by atomic mass is 32.1. The molecule has 0 saturated carbocycles. The van der Waals surface area contributed by atoms with Crippen LogP contribution >= 0.6 is 12.6 Å². The smallest absolute Gasteiger partial charge is 0.402 e. The van der Waals surface area contributed by atoms with Crippen molar-refractivity contribution in [2.45, 2.75) is 6.42 Å². The Morgan fingerprint density at radius 2 is 2.12 bits per heavy atom. The van der Waals surface area contributed by atoms with Crippen molar-refractivity contribution >= 4 is 20.0 Å². The lowest BCUT2D eigenvalue weighted by atomic mass is 10.2. The zero-order valence-electron chi connectivity index (χ0n) is 4.45. The molecule has 8 heavy (non-hydrogen) atoms. The van der Waals surface area contributed by atoms with E-state index in [0.717, 1.165) is 6.42 Å². The second-order valence-corrected chi connectivity index (χ2v) is 1.72. The van der Waals surface area contributed by atoms with E-state index in [0.29, 0.717) is 12.4 Å². The summed E-state index contributed by atoms with van der Waals surface area (Å²) in [5.74, 6) is 0.701. The maximum Gasteiger partial charge on any atom is 0.633 e. The number of hydrogen-bond acceptors (Lipinski definition) is 4. The first kappa shape index (κ1) is 8.29. The molecule has 0 aromatic heterocycles. The predicted octanol–water partition coefficient (Wildman–Crippen LogP) is -0.708. The molecule has 0 heterocycles. The molecule has 0 aliphatic carbocycles. The highest BCUT2D eigenvalue weighted by molar-refractivity contribution is 7.80. The molecular weight excluding hydrogens is 127 g/mol. The fraction of sp³-hybridized carbons (Fsp3) is 1.00. The molecule has 0 aliphatic rings. The lowest BCUT2D eigenvalue weighted by molar-refractivity contribution is 0.187. The second kappa shape index (κ2) is 5.43. The van der Waals surface area contributed by atoms with E-state index in [1.54, 1.807) is 0 Å². The summed E-state index contributed by atoms with van der Waals surface area (Å²) in [7, 11) is -1.63. The summed E-state index contributed by atoms with van der Waals surface area (Å²) >= 11 is 3.88. The van der Waals surface area contributed by atoms with Gasteiger partial charge >= 0.3 is 7.32 Å². The Kier molecular flexibility index (Phi) is 5.63. The van der Waals surface area contributed by atoms with E-state index < -0.39 is 7.32 Å². The first-order valence-electron chi connectivity index (χ1n) is 2.36. The molecule has 0 spiro atoms. The maximum absolute atomic E-state index is 8.09. The van der Waals surface area contributed by atoms with Crippen molar-refractivity contribution in [2.75, 3.05) is 12.4 Å². The van der Waals surface area contributed by atoms with Crippen LogP contribution in [0.15, 0.2) is 0 Å². The molecule has 0 rings (SSSR count). The van der Waals surface area contributed by atoms with Gasteiger partial charge in [0.15, 0.2) is 0 Å². The molecule has 0 unspecified atom stereocenters. The highest BCUT2D eigenvalue weighted by Crippen LogP contribution is 1.84. The largest absolute Gasteiger partial charge is 0.633 e. The first-order chi connectivity index (χ1) is 3.77. The van der Waals surface area contributed by atoms with Gasteiger partial charge in [-0.15, -0.1) is 0 Å². The van der Waals surface area contributed by atoms with Crippen molar-refractivity contribution in [1.29, 1.82) is 0 Å². The molecular formula is C3H9BO3S. The van der Waals surface area contributed by atoms with E-state index in [2.05, 4.69) is 17.3 Å². The van der Waals surface area contributed by atoms with E-state index in [-0.39, 0.29) is 0 Å². The normalized spacial score (nSPS) is 9.38. The summed E-state index contributed by atoms with van der Waals surface area (Å²) in [6.45, 7) is 0.348. The molecule has 48 valence electrons. The van der Waals surface area contributed by atoms with Crippen LogP contribution in [0.2, 0.25) is 0 Å². The van der Waals surface area contributed by atoms with Gasteiger partial charge in [0.1, 0.15) is 0 Å². The van der Waals surface area contributed by atoms with E-state index in [9.17, 15) is 0 Å². The lowest BCUT2D eigenvalue weighted by Gasteiger charge is -1.97. The average Bonchev–Trinajstić information content (AvgIpc) is 1.66. The number of rotatable bonds is 4. The molecule has 0 amide bonds. The quantitative estimate of drug-likeness (QED) is 0.272. The minimum Gasteiger partial charge on any atom is -0.402 e. The van der Waals surface area contributed by atoms with Gasteiger partial charge in [-0.3, -0.25) is 0 Å². The molecule has 0 atom stereocenters. The Morgan fingerprint density at radius 1 is 1.50 bits per heavy atom. The summed E-state index contributed by atoms with van der Waals surface area (Å²) in [5, 5.41) is 16.2. The molecule has 0 bridgehead atoms. The van der Waals surface area contributed by atoms with Crippen LogP contribution in [-0.4, -0.2) is 29.7 Å². The fourth-order valence-electron chi connectivity index (χ4n) is 0.253. The molecule has 0 fully saturated rings. The zero-order chi connectivity index (χ0) is 6.41. The van der Waals surface area contributed by atoms with Crippen LogP contribution < -0.4 is 0 Å². The minimum absolute atomic E-state index is 0.348. The molecule has 0 aromatic carbocycles. The third-order valence-corrected chi connectivity index (χ3v) is 0.886. The van der Waals surface area contributed by atoms with Crippen molar-refractivity contribution in [1.82, 2.24) is 0 Å². The van der Waals surface area contributed by atoms with Crippen LogP contribution in [0.3, 0.4) is 0 Å². The average molecular weight is 136 g/mol. The lowest BCUT2D eigenvalue weighted by Crippen LogP contribution is -2.17. The summed E-state index contributed by atoms with van der Waals surface area (Å²) < 4.78 is 4.34. The van der Waals surface area contributed by atoms with Gasteiger partial charge in [0.05, 0.1) is 0 Å². The summed E-state index contributed by atoms with van der Waals surface area (Å²) in [4.78, 5) is 0. The molecule has 0 aliphatic heterocycles. The van der Waals surface area contributed by atoms with Gasteiger partial charge < -0.3 is 14.7 Å². The Labute approximate surface area is 54.3 Å². The Balaban J connectivity index is 2.72. The molecule has 5 heteroatoms. The van der Waals surface area contributed by atoms with Gasteiger partial charge in [0.2, 0.25) is 0 Å². The monoisotopic (exact) mass is 136 g/mol. The van der Waals surface area contributed by atoms with Gasteiger partial charge in [-0.1, -0.05) is 0 Å². The van der Waals surface area contributed by atoms with Crippen LogP contribution in [-0.2, 0) is 4.65 Å². The third kappa shape index (κ3) is 6.29. The van der Waals surface area contributed by atoms with Crippen molar-refractivity contribution < 1.29 is 14.7 Å². The fourth-order valence-corrected chi connectivity index (χ4v) is 0.382. The van der Waals surface area contributed by atoms with Crippen LogP contribution in [0.5, 0.6) is 0 Å². The molecule has 0 saturated heterocycles. The summed E-state index contributed by atoms with van der Waals surface area (Å²) in [5.41, 5.74) is 0. The topological polar surface area (TPSA) is 49.7 Å². The van der Waals surface area contributed by atoms with Crippen molar-refractivity contribution in [3.63, 3.8) is 0 Å². The van der Waals surface area contributed by atoms with Gasteiger partial charge in [0, 0.05) is 6.61 Å².